The van der Waals surface area contributed by atoms with Crippen LogP contribution in [0.2, 0.25) is 0 Å². The van der Waals surface area contributed by atoms with Gasteiger partial charge in [-0.3, -0.25) is 14.8 Å². The number of carbonyl (C=O) groups excluding carboxylic acids is 1. The zero-order valence-corrected chi connectivity index (χ0v) is 8.67. The number of carbonyl (C=O) groups is 1. The van der Waals surface area contributed by atoms with Crippen molar-refractivity contribution in [3.63, 3.8) is 0 Å². The molecule has 1 aromatic rings. The van der Waals surface area contributed by atoms with Crippen LogP contribution in [0.25, 0.3) is 0 Å². The Bertz CT molecular complexity index is 332. The number of amides is 1. The van der Waals surface area contributed by atoms with Gasteiger partial charge >= 0.3 is 0 Å². The number of nitrogens with zero attached hydrogens (tertiary/aromatic N) is 2. The molecule has 2 heterocycles. The van der Waals surface area contributed by atoms with E-state index in [1.807, 2.05) is 7.05 Å². The van der Waals surface area contributed by atoms with Crippen LogP contribution in [-0.2, 0) is 11.8 Å². The van der Waals surface area contributed by atoms with Crippen LogP contribution in [0.3, 0.4) is 0 Å². The number of rotatable bonds is 2. The first kappa shape index (κ1) is 9.54. The highest BCUT2D eigenvalue weighted by molar-refractivity contribution is 7.99. The average molecular weight is 212 g/mol. The van der Waals surface area contributed by atoms with Gasteiger partial charge in [-0.1, -0.05) is 0 Å². The molecule has 2 N–H and O–H groups in total. The van der Waals surface area contributed by atoms with Crippen LogP contribution in [0.1, 0.15) is 0 Å². The summed E-state index contributed by atoms with van der Waals surface area (Å²) in [6, 6.07) is 1.70. The molecule has 1 amide bonds. The van der Waals surface area contributed by atoms with Crippen LogP contribution in [0, 0.1) is 0 Å². The lowest BCUT2D eigenvalue weighted by Gasteiger charge is -2.07. The molecule has 76 valence electrons. The summed E-state index contributed by atoms with van der Waals surface area (Å²) in [5, 5.41) is 9.93. The topological polar surface area (TPSA) is 59.0 Å². The number of aryl methyl sites for hydroxylation is 1. The largest absolute Gasteiger partial charge is 0.308 e. The van der Waals surface area contributed by atoms with Gasteiger partial charge in [-0.2, -0.15) is 5.10 Å². The van der Waals surface area contributed by atoms with Gasteiger partial charge in [-0.05, 0) is 0 Å². The van der Waals surface area contributed by atoms with Crippen molar-refractivity contribution >= 4 is 23.5 Å². The molecule has 0 unspecified atom stereocenters. The van der Waals surface area contributed by atoms with E-state index < -0.39 is 0 Å². The monoisotopic (exact) mass is 212 g/mol. The minimum absolute atomic E-state index is 0.00583. The van der Waals surface area contributed by atoms with Crippen molar-refractivity contribution in [2.75, 3.05) is 16.9 Å². The molecule has 0 bridgehead atoms. The van der Waals surface area contributed by atoms with Gasteiger partial charge in [0.1, 0.15) is 0 Å². The maximum absolute atomic E-state index is 11.6. The molecular weight excluding hydrogens is 200 g/mol. The standard InChI is InChI=1S/C8H12N4OS/c1-12-3-2-7(11-12)10-8(13)6-4-14-5-9-6/h2-3,6,9H,4-5H2,1H3,(H,10,11,13)/t6-/m1/s1. The molecule has 6 heteroatoms. The van der Waals surface area contributed by atoms with E-state index >= 15 is 0 Å². The molecule has 1 aliphatic heterocycles. The molecule has 0 aromatic carbocycles. The van der Waals surface area contributed by atoms with E-state index in [0.29, 0.717) is 5.82 Å². The highest BCUT2D eigenvalue weighted by Crippen LogP contribution is 2.11. The number of hydrogen-bond donors (Lipinski definition) is 2. The Morgan fingerprint density at radius 1 is 1.86 bits per heavy atom. The molecule has 0 radical (unpaired) electrons. The van der Waals surface area contributed by atoms with Gasteiger partial charge in [0.2, 0.25) is 5.91 Å². The first-order valence-corrected chi connectivity index (χ1v) is 5.53. The van der Waals surface area contributed by atoms with Crippen molar-refractivity contribution in [3.8, 4) is 0 Å². The Morgan fingerprint density at radius 2 is 2.71 bits per heavy atom. The first-order chi connectivity index (χ1) is 6.75. The van der Waals surface area contributed by atoms with Crippen molar-refractivity contribution < 1.29 is 4.79 Å². The highest BCUT2D eigenvalue weighted by Gasteiger charge is 2.22. The number of thioether (sulfide) groups is 1. The molecule has 1 aliphatic rings. The van der Waals surface area contributed by atoms with Gasteiger partial charge < -0.3 is 5.32 Å². The number of anilines is 1. The zero-order chi connectivity index (χ0) is 9.97. The Morgan fingerprint density at radius 3 is 3.29 bits per heavy atom. The van der Waals surface area contributed by atoms with Crippen LogP contribution in [0.4, 0.5) is 5.82 Å². The van der Waals surface area contributed by atoms with Crippen LogP contribution in [0.5, 0.6) is 0 Å². The molecule has 1 atom stereocenters. The first-order valence-electron chi connectivity index (χ1n) is 4.37. The third-order valence-electron chi connectivity index (χ3n) is 2.00. The third kappa shape index (κ3) is 2.08. The van der Waals surface area contributed by atoms with Crippen molar-refractivity contribution in [1.82, 2.24) is 15.1 Å². The number of nitrogens with one attached hydrogen (secondary N) is 2. The third-order valence-corrected chi connectivity index (χ3v) is 2.94. The zero-order valence-electron chi connectivity index (χ0n) is 7.86. The maximum atomic E-state index is 11.6. The van der Waals surface area contributed by atoms with E-state index in [1.165, 1.54) is 0 Å². The molecule has 1 fully saturated rings. The minimum Gasteiger partial charge on any atom is -0.308 e. The highest BCUT2D eigenvalue weighted by atomic mass is 32.2. The summed E-state index contributed by atoms with van der Waals surface area (Å²) in [6.45, 7) is 0. The summed E-state index contributed by atoms with van der Waals surface area (Å²) >= 11 is 1.73. The summed E-state index contributed by atoms with van der Waals surface area (Å²) in [7, 11) is 1.82. The Hall–Kier alpha value is -1.01. The lowest BCUT2D eigenvalue weighted by molar-refractivity contribution is -0.117. The second-order valence-corrected chi connectivity index (χ2v) is 4.17. The summed E-state index contributed by atoms with van der Waals surface area (Å²) in [5.74, 6) is 2.28. The van der Waals surface area contributed by atoms with Gasteiger partial charge in [0.15, 0.2) is 5.82 Å². The molecule has 1 aromatic heterocycles. The van der Waals surface area contributed by atoms with Crippen LogP contribution in [-0.4, -0.2) is 33.4 Å². The fourth-order valence-electron chi connectivity index (χ4n) is 1.26. The van der Waals surface area contributed by atoms with Crippen LogP contribution >= 0.6 is 11.8 Å². The van der Waals surface area contributed by atoms with Crippen molar-refractivity contribution in [2.45, 2.75) is 6.04 Å². The van der Waals surface area contributed by atoms with Gasteiger partial charge in [0.25, 0.3) is 0 Å². The van der Waals surface area contributed by atoms with E-state index in [2.05, 4.69) is 15.7 Å². The Kier molecular flexibility index (Phi) is 2.74. The van der Waals surface area contributed by atoms with E-state index in [4.69, 9.17) is 0 Å². The van der Waals surface area contributed by atoms with Gasteiger partial charge in [0, 0.05) is 30.9 Å². The van der Waals surface area contributed by atoms with E-state index in [-0.39, 0.29) is 11.9 Å². The smallest absolute Gasteiger partial charge is 0.243 e. The summed E-state index contributed by atoms with van der Waals surface area (Å²) < 4.78 is 1.66. The fourth-order valence-corrected chi connectivity index (χ4v) is 2.20. The summed E-state index contributed by atoms with van der Waals surface area (Å²) in [6.07, 6.45) is 1.80. The quantitative estimate of drug-likeness (QED) is 0.725. The van der Waals surface area contributed by atoms with Gasteiger partial charge in [0.05, 0.1) is 6.04 Å². The summed E-state index contributed by atoms with van der Waals surface area (Å²) in [4.78, 5) is 11.6. The average Bonchev–Trinajstić information content (AvgIpc) is 2.75. The van der Waals surface area contributed by atoms with Crippen molar-refractivity contribution in [1.29, 1.82) is 0 Å². The van der Waals surface area contributed by atoms with Gasteiger partial charge in [-0.15, -0.1) is 11.8 Å². The maximum Gasteiger partial charge on any atom is 0.243 e. The second kappa shape index (κ2) is 4.02. The Labute approximate surface area is 86.2 Å². The lowest BCUT2D eigenvalue weighted by Crippen LogP contribution is -2.37. The number of hydrogen-bond acceptors (Lipinski definition) is 4. The van der Waals surface area contributed by atoms with Crippen molar-refractivity contribution in [3.05, 3.63) is 12.3 Å². The predicted molar refractivity (Wildman–Crippen MR) is 56.1 cm³/mol. The van der Waals surface area contributed by atoms with Gasteiger partial charge in [-0.25, -0.2) is 0 Å². The normalized spacial score (nSPS) is 21.1. The Balaban J connectivity index is 1.93. The minimum atomic E-state index is -0.0815. The molecule has 1 saturated heterocycles. The second-order valence-electron chi connectivity index (χ2n) is 3.14. The molecule has 2 rings (SSSR count). The lowest BCUT2D eigenvalue weighted by atomic mass is 10.3. The molecule has 0 aliphatic carbocycles. The number of aromatic nitrogens is 2. The fraction of sp³-hybridized carbons (Fsp3) is 0.500. The van der Waals surface area contributed by atoms with Crippen LogP contribution in [0.15, 0.2) is 12.3 Å². The van der Waals surface area contributed by atoms with Crippen molar-refractivity contribution in [2.24, 2.45) is 7.05 Å². The molecule has 0 spiro atoms. The summed E-state index contributed by atoms with van der Waals surface area (Å²) in [5.41, 5.74) is 0. The van der Waals surface area contributed by atoms with E-state index in [1.54, 1.807) is 28.7 Å². The van der Waals surface area contributed by atoms with Crippen LogP contribution < -0.4 is 10.6 Å². The molecule has 0 saturated carbocycles. The molecule has 14 heavy (non-hydrogen) atoms. The molecule has 5 nitrogen and oxygen atoms in total. The van der Waals surface area contributed by atoms with E-state index in [9.17, 15) is 4.79 Å². The molecular formula is C8H12N4OS. The predicted octanol–water partition coefficient (Wildman–Crippen LogP) is 0.0211. The van der Waals surface area contributed by atoms with E-state index in [0.717, 1.165) is 11.6 Å². The SMILES string of the molecule is Cn1ccc(NC(=O)[C@H]2CSCN2)n1.